The Morgan fingerprint density at radius 1 is 1.50 bits per heavy atom. The van der Waals surface area contributed by atoms with Crippen LogP contribution in [0.3, 0.4) is 0 Å². The van der Waals surface area contributed by atoms with Gasteiger partial charge in [-0.3, -0.25) is 0 Å². The Hall–Kier alpha value is -1.75. The number of rotatable bonds is 1. The molecule has 2 rings (SSSR count). The fourth-order valence-corrected chi connectivity index (χ4v) is 1.43. The van der Waals surface area contributed by atoms with Gasteiger partial charge in [0.05, 0.1) is 12.2 Å². The standard InChI is InChI=1S/C9H9NO4/c10-6-1-2-7-5(3-13-4-14-7)8(6)9(11)12/h1-2H,3-4,10H2,(H,11,12). The van der Waals surface area contributed by atoms with E-state index in [1.165, 1.54) is 6.07 Å². The van der Waals surface area contributed by atoms with Crippen LogP contribution in [0.1, 0.15) is 15.9 Å². The predicted octanol–water partition coefficient (Wildman–Crippen LogP) is 0.834. The topological polar surface area (TPSA) is 81.8 Å². The molecule has 0 aliphatic carbocycles. The number of nitrogens with two attached hydrogens (primary N) is 1. The molecule has 0 saturated carbocycles. The van der Waals surface area contributed by atoms with Crippen molar-refractivity contribution < 1.29 is 19.4 Å². The Kier molecular flexibility index (Phi) is 2.01. The molecular weight excluding hydrogens is 186 g/mol. The summed E-state index contributed by atoms with van der Waals surface area (Å²) >= 11 is 0. The summed E-state index contributed by atoms with van der Waals surface area (Å²) in [6.45, 7) is 0.373. The summed E-state index contributed by atoms with van der Waals surface area (Å²) in [5.74, 6) is -0.531. The summed E-state index contributed by atoms with van der Waals surface area (Å²) in [6.07, 6.45) is 0. The third kappa shape index (κ3) is 1.27. The van der Waals surface area contributed by atoms with Crippen molar-refractivity contribution in [1.82, 2.24) is 0 Å². The van der Waals surface area contributed by atoms with Crippen LogP contribution in [0.15, 0.2) is 12.1 Å². The first-order chi connectivity index (χ1) is 6.70. The Bertz CT molecular complexity index is 389. The smallest absolute Gasteiger partial charge is 0.338 e. The fraction of sp³-hybridized carbons (Fsp3) is 0.222. The predicted molar refractivity (Wildman–Crippen MR) is 48.1 cm³/mol. The minimum Gasteiger partial charge on any atom is -0.478 e. The fourth-order valence-electron chi connectivity index (χ4n) is 1.43. The first-order valence-corrected chi connectivity index (χ1v) is 4.05. The largest absolute Gasteiger partial charge is 0.478 e. The quantitative estimate of drug-likeness (QED) is 0.648. The van der Waals surface area contributed by atoms with Crippen LogP contribution in [0, 0.1) is 0 Å². The zero-order valence-electron chi connectivity index (χ0n) is 7.32. The lowest BCUT2D eigenvalue weighted by molar-refractivity contribution is -0.0169. The van der Waals surface area contributed by atoms with Crippen molar-refractivity contribution in [3.8, 4) is 5.75 Å². The van der Waals surface area contributed by atoms with E-state index in [4.69, 9.17) is 20.3 Å². The van der Waals surface area contributed by atoms with E-state index in [0.29, 0.717) is 11.3 Å². The Morgan fingerprint density at radius 2 is 2.29 bits per heavy atom. The summed E-state index contributed by atoms with van der Waals surface area (Å²) in [6, 6.07) is 3.17. The van der Waals surface area contributed by atoms with E-state index in [1.807, 2.05) is 0 Å². The van der Waals surface area contributed by atoms with Crippen LogP contribution in [0.5, 0.6) is 5.75 Å². The zero-order valence-corrected chi connectivity index (χ0v) is 7.32. The Balaban J connectivity index is 2.60. The van der Waals surface area contributed by atoms with Gasteiger partial charge in [0, 0.05) is 11.3 Å². The average molecular weight is 195 g/mol. The summed E-state index contributed by atoms with van der Waals surface area (Å²) in [4.78, 5) is 10.9. The molecule has 0 bridgehead atoms. The molecule has 0 unspecified atom stereocenters. The molecule has 0 atom stereocenters. The van der Waals surface area contributed by atoms with Crippen molar-refractivity contribution in [2.45, 2.75) is 6.61 Å². The molecule has 1 aromatic rings. The molecule has 0 fully saturated rings. The van der Waals surface area contributed by atoms with Crippen molar-refractivity contribution in [2.24, 2.45) is 0 Å². The Labute approximate surface area is 80.0 Å². The van der Waals surface area contributed by atoms with Gasteiger partial charge >= 0.3 is 5.97 Å². The maximum Gasteiger partial charge on any atom is 0.338 e. The minimum absolute atomic E-state index is 0.0715. The lowest BCUT2D eigenvalue weighted by Crippen LogP contribution is -2.16. The number of ether oxygens (including phenoxy) is 2. The number of hydrogen-bond donors (Lipinski definition) is 2. The van der Waals surface area contributed by atoms with Gasteiger partial charge < -0.3 is 20.3 Å². The molecule has 1 heterocycles. The monoisotopic (exact) mass is 195 g/mol. The van der Waals surface area contributed by atoms with E-state index in [1.54, 1.807) is 6.07 Å². The lowest BCUT2D eigenvalue weighted by Gasteiger charge is -2.19. The van der Waals surface area contributed by atoms with E-state index in [9.17, 15) is 4.79 Å². The molecule has 5 heteroatoms. The molecular formula is C9H9NO4. The highest BCUT2D eigenvalue weighted by Crippen LogP contribution is 2.30. The van der Waals surface area contributed by atoms with E-state index in [2.05, 4.69) is 0 Å². The van der Waals surface area contributed by atoms with Crippen LogP contribution in [0.2, 0.25) is 0 Å². The summed E-state index contributed by atoms with van der Waals surface area (Å²) in [5, 5.41) is 8.93. The third-order valence-corrected chi connectivity index (χ3v) is 2.06. The molecule has 14 heavy (non-hydrogen) atoms. The van der Waals surface area contributed by atoms with Crippen LogP contribution >= 0.6 is 0 Å². The Morgan fingerprint density at radius 3 is 3.00 bits per heavy atom. The molecule has 0 spiro atoms. The van der Waals surface area contributed by atoms with Gasteiger partial charge in [0.25, 0.3) is 0 Å². The molecule has 0 aromatic heterocycles. The van der Waals surface area contributed by atoms with Crippen LogP contribution < -0.4 is 10.5 Å². The molecule has 0 radical (unpaired) electrons. The number of carbonyl (C=O) groups is 1. The van der Waals surface area contributed by atoms with E-state index in [-0.39, 0.29) is 24.7 Å². The number of fused-ring (bicyclic) bond motifs is 1. The maximum absolute atomic E-state index is 10.9. The number of anilines is 1. The van der Waals surface area contributed by atoms with Crippen LogP contribution in [0.4, 0.5) is 5.69 Å². The second-order valence-electron chi connectivity index (χ2n) is 2.92. The maximum atomic E-state index is 10.9. The molecule has 1 aliphatic rings. The van der Waals surface area contributed by atoms with Gasteiger partial charge in [0.15, 0.2) is 6.79 Å². The van der Waals surface area contributed by atoms with Crippen molar-refractivity contribution in [3.63, 3.8) is 0 Å². The van der Waals surface area contributed by atoms with Gasteiger partial charge in [-0.1, -0.05) is 0 Å². The van der Waals surface area contributed by atoms with Gasteiger partial charge in [0.2, 0.25) is 0 Å². The molecule has 1 aromatic carbocycles. The second kappa shape index (κ2) is 3.19. The minimum atomic E-state index is -1.06. The molecule has 74 valence electrons. The first kappa shape index (κ1) is 8.83. The molecule has 5 nitrogen and oxygen atoms in total. The summed E-state index contributed by atoms with van der Waals surface area (Å²) < 4.78 is 10.1. The SMILES string of the molecule is Nc1ccc2c(c1C(=O)O)COCO2. The van der Waals surface area contributed by atoms with Gasteiger partial charge in [-0.05, 0) is 12.1 Å². The molecule has 1 aliphatic heterocycles. The van der Waals surface area contributed by atoms with Gasteiger partial charge in [-0.15, -0.1) is 0 Å². The van der Waals surface area contributed by atoms with Gasteiger partial charge in [0.1, 0.15) is 5.75 Å². The highest BCUT2D eigenvalue weighted by Gasteiger charge is 2.21. The highest BCUT2D eigenvalue weighted by atomic mass is 16.7. The number of benzene rings is 1. The first-order valence-electron chi connectivity index (χ1n) is 4.05. The van der Waals surface area contributed by atoms with E-state index in [0.717, 1.165) is 0 Å². The number of hydrogen-bond acceptors (Lipinski definition) is 4. The third-order valence-electron chi connectivity index (χ3n) is 2.06. The second-order valence-corrected chi connectivity index (χ2v) is 2.92. The zero-order chi connectivity index (χ0) is 10.1. The number of nitrogen functional groups attached to an aromatic ring is 1. The summed E-state index contributed by atoms with van der Waals surface area (Å²) in [7, 11) is 0. The molecule has 0 saturated heterocycles. The van der Waals surface area contributed by atoms with Crippen molar-refractivity contribution in [3.05, 3.63) is 23.3 Å². The number of carboxylic acids is 1. The number of aromatic carboxylic acids is 1. The van der Waals surface area contributed by atoms with Crippen LogP contribution in [-0.2, 0) is 11.3 Å². The van der Waals surface area contributed by atoms with E-state index < -0.39 is 5.97 Å². The van der Waals surface area contributed by atoms with Gasteiger partial charge in [-0.2, -0.15) is 0 Å². The average Bonchev–Trinajstić information content (AvgIpc) is 2.17. The molecule has 3 N–H and O–H groups in total. The highest BCUT2D eigenvalue weighted by molar-refractivity contribution is 5.96. The van der Waals surface area contributed by atoms with Crippen LogP contribution in [0.25, 0.3) is 0 Å². The van der Waals surface area contributed by atoms with Crippen molar-refractivity contribution >= 4 is 11.7 Å². The van der Waals surface area contributed by atoms with Crippen LogP contribution in [-0.4, -0.2) is 17.9 Å². The van der Waals surface area contributed by atoms with Gasteiger partial charge in [-0.25, -0.2) is 4.79 Å². The normalized spacial score (nSPS) is 14.3. The number of carboxylic acid groups (broad SMARTS) is 1. The summed E-state index contributed by atoms with van der Waals surface area (Å²) in [5.41, 5.74) is 6.36. The van der Waals surface area contributed by atoms with E-state index >= 15 is 0 Å². The lowest BCUT2D eigenvalue weighted by atomic mass is 10.0. The van der Waals surface area contributed by atoms with Crippen molar-refractivity contribution in [2.75, 3.05) is 12.5 Å². The molecule has 0 amide bonds. The van der Waals surface area contributed by atoms with Crippen molar-refractivity contribution in [1.29, 1.82) is 0 Å².